The van der Waals surface area contributed by atoms with Gasteiger partial charge in [0, 0.05) is 6.54 Å². The number of amides is 1. The Labute approximate surface area is 73.8 Å². The van der Waals surface area contributed by atoms with Crippen molar-refractivity contribution >= 4 is 5.91 Å². The monoisotopic (exact) mass is 168 g/mol. The summed E-state index contributed by atoms with van der Waals surface area (Å²) in [7, 11) is 0. The van der Waals surface area contributed by atoms with Crippen molar-refractivity contribution in [3.63, 3.8) is 0 Å². The smallest absolute Gasteiger partial charge is 0.239 e. The van der Waals surface area contributed by atoms with E-state index in [0.29, 0.717) is 6.54 Å². The molecule has 3 heteroatoms. The van der Waals surface area contributed by atoms with Crippen molar-refractivity contribution in [1.29, 1.82) is 5.26 Å². The molecule has 0 heterocycles. The lowest BCUT2D eigenvalue weighted by molar-refractivity contribution is -0.126. The average Bonchev–Trinajstić information content (AvgIpc) is 2.05. The summed E-state index contributed by atoms with van der Waals surface area (Å²) in [4.78, 5) is 11.2. The number of nitrogens with one attached hydrogen (secondary N) is 1. The predicted molar refractivity (Wildman–Crippen MR) is 47.3 cm³/mol. The van der Waals surface area contributed by atoms with Crippen LogP contribution in [0.2, 0.25) is 0 Å². The molecule has 0 saturated heterocycles. The summed E-state index contributed by atoms with van der Waals surface area (Å²) >= 11 is 0. The van der Waals surface area contributed by atoms with Crippen LogP contribution in [0.15, 0.2) is 0 Å². The fraction of sp³-hybridized carbons (Fsp3) is 0.778. The van der Waals surface area contributed by atoms with Crippen molar-refractivity contribution in [2.24, 2.45) is 5.41 Å². The van der Waals surface area contributed by atoms with Crippen LogP contribution in [0.25, 0.3) is 0 Å². The molecule has 0 spiro atoms. The molecule has 1 amide bonds. The van der Waals surface area contributed by atoms with Gasteiger partial charge in [0.25, 0.3) is 0 Å². The Bertz CT molecular complexity index is 191. The highest BCUT2D eigenvalue weighted by Gasteiger charge is 2.26. The number of unbranched alkanes of at least 4 members (excludes halogenated alkanes) is 1. The first-order valence-electron chi connectivity index (χ1n) is 4.24. The van der Waals surface area contributed by atoms with Gasteiger partial charge in [0.2, 0.25) is 5.91 Å². The van der Waals surface area contributed by atoms with Crippen LogP contribution >= 0.6 is 0 Å². The first-order valence-corrected chi connectivity index (χ1v) is 4.24. The Balaban J connectivity index is 3.82. The standard InChI is InChI=1S/C9H16N2O/c1-4-5-6-11-8(12)9(2,3)7-10/h4-6H2,1-3H3,(H,11,12). The van der Waals surface area contributed by atoms with E-state index in [2.05, 4.69) is 12.2 Å². The van der Waals surface area contributed by atoms with Crippen LogP contribution in [0.3, 0.4) is 0 Å². The minimum Gasteiger partial charge on any atom is -0.355 e. The first-order chi connectivity index (χ1) is 5.54. The molecule has 68 valence electrons. The van der Waals surface area contributed by atoms with Gasteiger partial charge < -0.3 is 5.32 Å². The van der Waals surface area contributed by atoms with Gasteiger partial charge in [0.1, 0.15) is 5.41 Å². The normalized spacial score (nSPS) is 10.5. The minimum absolute atomic E-state index is 0.182. The Morgan fingerprint density at radius 1 is 1.58 bits per heavy atom. The zero-order valence-electron chi connectivity index (χ0n) is 7.98. The molecule has 0 bridgehead atoms. The molecule has 0 unspecified atom stereocenters. The Kier molecular flexibility index (Phi) is 4.35. The van der Waals surface area contributed by atoms with E-state index in [4.69, 9.17) is 5.26 Å². The van der Waals surface area contributed by atoms with Crippen molar-refractivity contribution in [3.8, 4) is 6.07 Å². The maximum Gasteiger partial charge on any atom is 0.239 e. The molecule has 12 heavy (non-hydrogen) atoms. The molecular weight excluding hydrogens is 152 g/mol. The maximum absolute atomic E-state index is 11.2. The van der Waals surface area contributed by atoms with Gasteiger partial charge in [-0.2, -0.15) is 5.26 Å². The number of hydrogen-bond acceptors (Lipinski definition) is 2. The second kappa shape index (κ2) is 4.76. The second-order valence-electron chi connectivity index (χ2n) is 3.35. The minimum atomic E-state index is -0.895. The fourth-order valence-electron chi connectivity index (χ4n) is 0.650. The molecule has 0 aromatic rings. The lowest BCUT2D eigenvalue weighted by Gasteiger charge is -2.14. The van der Waals surface area contributed by atoms with Gasteiger partial charge in [0.05, 0.1) is 6.07 Å². The molecule has 0 saturated carbocycles. The molecule has 0 aromatic heterocycles. The van der Waals surface area contributed by atoms with Gasteiger partial charge in [-0.25, -0.2) is 0 Å². The molecule has 0 aliphatic carbocycles. The summed E-state index contributed by atoms with van der Waals surface area (Å²) in [6.45, 7) is 5.96. The quantitative estimate of drug-likeness (QED) is 0.646. The maximum atomic E-state index is 11.2. The summed E-state index contributed by atoms with van der Waals surface area (Å²) in [6.07, 6.45) is 2.01. The summed E-state index contributed by atoms with van der Waals surface area (Å²) in [6, 6.07) is 1.96. The van der Waals surface area contributed by atoms with Crippen LogP contribution in [0.1, 0.15) is 33.6 Å². The number of rotatable bonds is 4. The highest BCUT2D eigenvalue weighted by atomic mass is 16.2. The average molecular weight is 168 g/mol. The molecule has 0 aromatic carbocycles. The topological polar surface area (TPSA) is 52.9 Å². The number of nitriles is 1. The van der Waals surface area contributed by atoms with E-state index in [-0.39, 0.29) is 5.91 Å². The molecule has 1 N–H and O–H groups in total. The van der Waals surface area contributed by atoms with Crippen LogP contribution < -0.4 is 5.32 Å². The van der Waals surface area contributed by atoms with Gasteiger partial charge in [-0.15, -0.1) is 0 Å². The summed E-state index contributed by atoms with van der Waals surface area (Å²) in [5, 5.41) is 11.3. The van der Waals surface area contributed by atoms with Crippen LogP contribution in [-0.2, 0) is 4.79 Å². The Hall–Kier alpha value is -1.04. The second-order valence-corrected chi connectivity index (χ2v) is 3.35. The highest BCUT2D eigenvalue weighted by molar-refractivity contribution is 5.84. The Morgan fingerprint density at radius 3 is 2.58 bits per heavy atom. The summed E-state index contributed by atoms with van der Waals surface area (Å²) in [5.74, 6) is -0.182. The van der Waals surface area contributed by atoms with E-state index in [9.17, 15) is 4.79 Å². The van der Waals surface area contributed by atoms with Gasteiger partial charge >= 0.3 is 0 Å². The lowest BCUT2D eigenvalue weighted by atomic mass is 9.95. The number of carbonyl (C=O) groups is 1. The van der Waals surface area contributed by atoms with E-state index < -0.39 is 5.41 Å². The Morgan fingerprint density at radius 2 is 2.17 bits per heavy atom. The molecular formula is C9H16N2O. The largest absolute Gasteiger partial charge is 0.355 e. The van der Waals surface area contributed by atoms with E-state index in [1.54, 1.807) is 13.8 Å². The number of hydrogen-bond donors (Lipinski definition) is 1. The van der Waals surface area contributed by atoms with Crippen molar-refractivity contribution in [2.75, 3.05) is 6.54 Å². The molecule has 0 fully saturated rings. The van der Waals surface area contributed by atoms with Gasteiger partial charge in [-0.05, 0) is 20.3 Å². The van der Waals surface area contributed by atoms with Crippen molar-refractivity contribution in [3.05, 3.63) is 0 Å². The molecule has 0 radical (unpaired) electrons. The van der Waals surface area contributed by atoms with E-state index >= 15 is 0 Å². The third-order valence-corrected chi connectivity index (χ3v) is 1.66. The fourth-order valence-corrected chi connectivity index (χ4v) is 0.650. The van der Waals surface area contributed by atoms with Crippen molar-refractivity contribution in [2.45, 2.75) is 33.6 Å². The summed E-state index contributed by atoms with van der Waals surface area (Å²) in [5.41, 5.74) is -0.895. The van der Waals surface area contributed by atoms with E-state index in [1.165, 1.54) is 0 Å². The molecule has 0 aliphatic rings. The first kappa shape index (κ1) is 11.0. The zero-order valence-corrected chi connectivity index (χ0v) is 7.98. The van der Waals surface area contributed by atoms with Crippen LogP contribution in [-0.4, -0.2) is 12.5 Å². The third kappa shape index (κ3) is 3.38. The van der Waals surface area contributed by atoms with Gasteiger partial charge in [0.15, 0.2) is 0 Å². The van der Waals surface area contributed by atoms with Gasteiger partial charge in [-0.1, -0.05) is 13.3 Å². The molecule has 3 nitrogen and oxygen atoms in total. The zero-order chi connectivity index (χ0) is 9.61. The predicted octanol–water partition coefficient (Wildman–Crippen LogP) is 1.45. The molecule has 0 aliphatic heterocycles. The highest BCUT2D eigenvalue weighted by Crippen LogP contribution is 2.12. The van der Waals surface area contributed by atoms with E-state index in [0.717, 1.165) is 12.8 Å². The van der Waals surface area contributed by atoms with Crippen LogP contribution in [0.5, 0.6) is 0 Å². The molecule has 0 rings (SSSR count). The van der Waals surface area contributed by atoms with Crippen LogP contribution in [0.4, 0.5) is 0 Å². The molecule has 0 atom stereocenters. The van der Waals surface area contributed by atoms with Gasteiger partial charge in [-0.3, -0.25) is 4.79 Å². The van der Waals surface area contributed by atoms with E-state index in [1.807, 2.05) is 6.07 Å². The third-order valence-electron chi connectivity index (χ3n) is 1.66. The van der Waals surface area contributed by atoms with Crippen LogP contribution in [0, 0.1) is 16.7 Å². The van der Waals surface area contributed by atoms with Crippen molar-refractivity contribution in [1.82, 2.24) is 5.32 Å². The number of carbonyl (C=O) groups excluding carboxylic acids is 1. The summed E-state index contributed by atoms with van der Waals surface area (Å²) < 4.78 is 0. The SMILES string of the molecule is CCCCNC(=O)C(C)(C)C#N. The number of nitrogens with zero attached hydrogens (tertiary/aromatic N) is 1. The van der Waals surface area contributed by atoms with Crippen molar-refractivity contribution < 1.29 is 4.79 Å². The lowest BCUT2D eigenvalue weighted by Crippen LogP contribution is -2.36.